The van der Waals surface area contributed by atoms with Crippen LogP contribution in [0.3, 0.4) is 0 Å². The van der Waals surface area contributed by atoms with Crippen LogP contribution < -0.4 is 10.2 Å². The Hall–Kier alpha value is -2.08. The van der Waals surface area contributed by atoms with E-state index in [-0.39, 0.29) is 17.8 Å². The molecule has 1 N–H and O–H groups in total. The molecule has 1 saturated heterocycles. The fraction of sp³-hybridized carbons (Fsp3) is 0.600. The maximum absolute atomic E-state index is 12.4. The van der Waals surface area contributed by atoms with Gasteiger partial charge in [-0.2, -0.15) is 0 Å². The number of piperazine rings is 1. The number of esters is 1. The molecule has 1 aliphatic heterocycles. The number of para-hydroxylation sites is 1. The SMILES string of the molecule is CC[C@@H](C)[C@@H](NC(=O)CN1CCN(c2ccccc2C)CC1)C(=O)OC. The second kappa shape index (κ2) is 9.57. The number of carbonyl (C=O) groups is 2. The van der Waals surface area contributed by atoms with Crippen LogP contribution in [0.2, 0.25) is 0 Å². The van der Waals surface area contributed by atoms with Gasteiger partial charge in [-0.05, 0) is 24.5 Å². The molecule has 1 amide bonds. The lowest BCUT2D eigenvalue weighted by atomic mass is 9.99. The van der Waals surface area contributed by atoms with E-state index in [1.165, 1.54) is 18.4 Å². The summed E-state index contributed by atoms with van der Waals surface area (Å²) in [5, 5.41) is 2.85. The van der Waals surface area contributed by atoms with E-state index in [0.29, 0.717) is 6.54 Å². The van der Waals surface area contributed by atoms with Crippen LogP contribution in [-0.4, -0.2) is 62.7 Å². The summed E-state index contributed by atoms with van der Waals surface area (Å²) in [6.45, 7) is 9.82. The van der Waals surface area contributed by atoms with Gasteiger partial charge in [-0.25, -0.2) is 4.79 Å². The van der Waals surface area contributed by atoms with Gasteiger partial charge >= 0.3 is 5.97 Å². The molecule has 2 rings (SSSR count). The summed E-state index contributed by atoms with van der Waals surface area (Å²) < 4.78 is 4.83. The third-order valence-corrected chi connectivity index (χ3v) is 5.18. The zero-order valence-corrected chi connectivity index (χ0v) is 16.3. The maximum Gasteiger partial charge on any atom is 0.328 e. The molecule has 1 fully saturated rings. The second-order valence-electron chi connectivity index (χ2n) is 7.00. The monoisotopic (exact) mass is 361 g/mol. The van der Waals surface area contributed by atoms with Crippen molar-refractivity contribution >= 4 is 17.6 Å². The second-order valence-corrected chi connectivity index (χ2v) is 7.00. The van der Waals surface area contributed by atoms with E-state index in [0.717, 1.165) is 32.6 Å². The van der Waals surface area contributed by atoms with Crippen LogP contribution in [0.1, 0.15) is 25.8 Å². The Morgan fingerprint density at radius 2 is 1.85 bits per heavy atom. The Balaban J connectivity index is 1.85. The minimum atomic E-state index is -0.578. The lowest BCUT2D eigenvalue weighted by molar-refractivity contribution is -0.146. The predicted molar refractivity (Wildman–Crippen MR) is 103 cm³/mol. The molecule has 0 spiro atoms. The molecule has 0 saturated carbocycles. The summed E-state index contributed by atoms with van der Waals surface area (Å²) in [5.74, 6) is -0.452. The number of aryl methyl sites for hydroxylation is 1. The highest BCUT2D eigenvalue weighted by atomic mass is 16.5. The quantitative estimate of drug-likeness (QED) is 0.751. The Morgan fingerprint density at radius 3 is 2.42 bits per heavy atom. The van der Waals surface area contributed by atoms with Crippen molar-refractivity contribution in [2.75, 3.05) is 44.7 Å². The van der Waals surface area contributed by atoms with Crippen LogP contribution in [-0.2, 0) is 14.3 Å². The summed E-state index contributed by atoms with van der Waals surface area (Å²) in [7, 11) is 1.36. The molecule has 1 aliphatic rings. The van der Waals surface area contributed by atoms with Gasteiger partial charge in [0.25, 0.3) is 0 Å². The van der Waals surface area contributed by atoms with E-state index in [2.05, 4.69) is 46.3 Å². The summed E-state index contributed by atoms with van der Waals surface area (Å²) in [6.07, 6.45) is 0.801. The zero-order valence-electron chi connectivity index (χ0n) is 16.3. The first-order valence-electron chi connectivity index (χ1n) is 9.36. The molecule has 0 bridgehead atoms. The average Bonchev–Trinajstić information content (AvgIpc) is 2.66. The van der Waals surface area contributed by atoms with Crippen molar-refractivity contribution < 1.29 is 14.3 Å². The van der Waals surface area contributed by atoms with Crippen molar-refractivity contribution in [2.45, 2.75) is 33.2 Å². The summed E-state index contributed by atoms with van der Waals surface area (Å²) in [5.41, 5.74) is 2.53. The van der Waals surface area contributed by atoms with Gasteiger partial charge in [-0.15, -0.1) is 0 Å². The first kappa shape index (κ1) is 20.2. The van der Waals surface area contributed by atoms with Crippen LogP contribution in [0.4, 0.5) is 5.69 Å². The van der Waals surface area contributed by atoms with Crippen LogP contribution in [0.15, 0.2) is 24.3 Å². The van der Waals surface area contributed by atoms with Crippen LogP contribution >= 0.6 is 0 Å². The molecule has 0 unspecified atom stereocenters. The fourth-order valence-corrected chi connectivity index (χ4v) is 3.28. The van der Waals surface area contributed by atoms with E-state index >= 15 is 0 Å². The van der Waals surface area contributed by atoms with E-state index in [1.54, 1.807) is 0 Å². The third kappa shape index (κ3) is 5.21. The standard InChI is InChI=1S/C20H31N3O3/c1-5-15(2)19(20(25)26-4)21-18(24)14-22-10-12-23(13-11-22)17-9-7-6-8-16(17)3/h6-9,15,19H,5,10-14H2,1-4H3,(H,21,24)/t15-,19-/m1/s1. The highest BCUT2D eigenvalue weighted by Crippen LogP contribution is 2.20. The molecule has 2 atom stereocenters. The smallest absolute Gasteiger partial charge is 0.328 e. The lowest BCUT2D eigenvalue weighted by Gasteiger charge is -2.36. The number of nitrogens with one attached hydrogen (secondary N) is 1. The van der Waals surface area contributed by atoms with E-state index < -0.39 is 6.04 Å². The van der Waals surface area contributed by atoms with Crippen LogP contribution in [0.25, 0.3) is 0 Å². The first-order valence-corrected chi connectivity index (χ1v) is 9.36. The molecule has 6 heteroatoms. The predicted octanol–water partition coefficient (Wildman–Crippen LogP) is 1.82. The number of ether oxygens (including phenoxy) is 1. The van der Waals surface area contributed by atoms with E-state index in [1.807, 2.05) is 13.8 Å². The first-order chi connectivity index (χ1) is 12.5. The number of nitrogens with zero attached hydrogens (tertiary/aromatic N) is 2. The number of amides is 1. The van der Waals surface area contributed by atoms with E-state index in [9.17, 15) is 9.59 Å². The topological polar surface area (TPSA) is 61.9 Å². The van der Waals surface area contributed by atoms with Crippen molar-refractivity contribution in [2.24, 2.45) is 5.92 Å². The van der Waals surface area contributed by atoms with Crippen molar-refractivity contribution in [1.82, 2.24) is 10.2 Å². The molecule has 144 valence electrons. The van der Waals surface area contributed by atoms with Crippen molar-refractivity contribution in [3.05, 3.63) is 29.8 Å². The van der Waals surface area contributed by atoms with Gasteiger partial charge < -0.3 is 15.0 Å². The van der Waals surface area contributed by atoms with Gasteiger partial charge in [0.2, 0.25) is 5.91 Å². The molecular formula is C20H31N3O3. The zero-order chi connectivity index (χ0) is 19.1. The highest BCUT2D eigenvalue weighted by molar-refractivity contribution is 5.85. The minimum absolute atomic E-state index is 0.0457. The number of carbonyl (C=O) groups excluding carboxylic acids is 2. The van der Waals surface area contributed by atoms with Gasteiger partial charge in [-0.1, -0.05) is 38.5 Å². The van der Waals surface area contributed by atoms with Gasteiger partial charge in [0.05, 0.1) is 13.7 Å². The number of hydrogen-bond acceptors (Lipinski definition) is 5. The van der Waals surface area contributed by atoms with Gasteiger partial charge in [0, 0.05) is 31.9 Å². The summed E-state index contributed by atoms with van der Waals surface area (Å²) in [4.78, 5) is 28.8. The summed E-state index contributed by atoms with van der Waals surface area (Å²) >= 11 is 0. The third-order valence-electron chi connectivity index (χ3n) is 5.18. The average molecular weight is 361 g/mol. The van der Waals surface area contributed by atoms with Gasteiger partial charge in [0.1, 0.15) is 6.04 Å². The van der Waals surface area contributed by atoms with Gasteiger partial charge in [0.15, 0.2) is 0 Å². The molecule has 26 heavy (non-hydrogen) atoms. The minimum Gasteiger partial charge on any atom is -0.467 e. The molecule has 0 radical (unpaired) electrons. The normalized spacial score (nSPS) is 17.5. The van der Waals surface area contributed by atoms with Crippen molar-refractivity contribution in [1.29, 1.82) is 0 Å². The number of anilines is 1. The molecule has 1 aromatic carbocycles. The van der Waals surface area contributed by atoms with Crippen molar-refractivity contribution in [3.8, 4) is 0 Å². The van der Waals surface area contributed by atoms with Gasteiger partial charge in [-0.3, -0.25) is 9.69 Å². The number of methoxy groups -OCH3 is 1. The molecular weight excluding hydrogens is 330 g/mol. The van der Waals surface area contributed by atoms with Crippen LogP contribution in [0, 0.1) is 12.8 Å². The molecule has 0 aromatic heterocycles. The Kier molecular flexibility index (Phi) is 7.45. The largest absolute Gasteiger partial charge is 0.467 e. The number of rotatable bonds is 7. The lowest BCUT2D eigenvalue weighted by Crippen LogP contribution is -2.52. The van der Waals surface area contributed by atoms with Crippen molar-refractivity contribution in [3.63, 3.8) is 0 Å². The molecule has 0 aliphatic carbocycles. The van der Waals surface area contributed by atoms with Crippen LogP contribution in [0.5, 0.6) is 0 Å². The maximum atomic E-state index is 12.4. The number of hydrogen-bond donors (Lipinski definition) is 1. The molecule has 1 aromatic rings. The fourth-order valence-electron chi connectivity index (χ4n) is 3.28. The molecule has 1 heterocycles. The highest BCUT2D eigenvalue weighted by Gasteiger charge is 2.28. The molecule has 6 nitrogen and oxygen atoms in total. The summed E-state index contributed by atoms with van der Waals surface area (Å²) in [6, 6.07) is 7.80. The Morgan fingerprint density at radius 1 is 1.19 bits per heavy atom. The van der Waals surface area contributed by atoms with E-state index in [4.69, 9.17) is 4.74 Å². The number of benzene rings is 1. The Labute approximate surface area is 156 Å². The Bertz CT molecular complexity index is 612.